The molecule has 162 valence electrons. The van der Waals surface area contributed by atoms with Crippen LogP contribution in [0.3, 0.4) is 0 Å². The van der Waals surface area contributed by atoms with Crippen molar-refractivity contribution in [2.45, 2.75) is 75.8 Å². The maximum absolute atomic E-state index is 4.11. The summed E-state index contributed by atoms with van der Waals surface area (Å²) < 4.78 is 0. The van der Waals surface area contributed by atoms with Crippen molar-refractivity contribution in [3.63, 3.8) is 0 Å². The van der Waals surface area contributed by atoms with E-state index in [-0.39, 0.29) is 0 Å². The van der Waals surface area contributed by atoms with Gasteiger partial charge in [0.1, 0.15) is 0 Å². The van der Waals surface area contributed by atoms with E-state index in [1.807, 2.05) is 0 Å². The molecule has 3 spiro atoms. The third-order valence-corrected chi connectivity index (χ3v) is 10.5. The highest BCUT2D eigenvalue weighted by atomic mass is 15.0. The Morgan fingerprint density at radius 1 is 0.724 bits per heavy atom. The molecule has 4 heterocycles. The molecule has 0 amide bonds. The van der Waals surface area contributed by atoms with Gasteiger partial charge in [0.2, 0.25) is 0 Å². The van der Waals surface area contributed by atoms with Gasteiger partial charge in [0, 0.05) is 11.6 Å². The lowest BCUT2D eigenvalue weighted by Gasteiger charge is -2.64. The second kappa shape index (κ2) is 7.32. The zero-order valence-corrected chi connectivity index (χ0v) is 18.3. The normalized spacial score (nSPS) is 42.5. The number of hydrogen-bond donors (Lipinski definition) is 4. The van der Waals surface area contributed by atoms with Crippen molar-refractivity contribution in [1.82, 2.24) is 21.3 Å². The van der Waals surface area contributed by atoms with Crippen LogP contribution in [0.4, 0.5) is 0 Å². The lowest BCUT2D eigenvalue weighted by Crippen LogP contribution is -2.65. The summed E-state index contributed by atoms with van der Waals surface area (Å²) in [5.41, 5.74) is 1.66. The molecule has 0 bridgehead atoms. The van der Waals surface area contributed by atoms with E-state index in [9.17, 15) is 0 Å². The fourth-order valence-electron chi connectivity index (χ4n) is 8.78. The van der Waals surface area contributed by atoms with Gasteiger partial charge in [0.15, 0.2) is 0 Å². The van der Waals surface area contributed by atoms with Crippen molar-refractivity contribution >= 4 is 0 Å². The van der Waals surface area contributed by atoms with Crippen LogP contribution in [0.25, 0.3) is 0 Å². The van der Waals surface area contributed by atoms with E-state index in [4.69, 9.17) is 0 Å². The molecule has 0 aromatic carbocycles. The molecule has 6 rings (SSSR count). The molecule has 4 N–H and O–H groups in total. The largest absolute Gasteiger partial charge is 0.317 e. The Hall–Kier alpha value is -0.420. The molecule has 0 aromatic heterocycles. The van der Waals surface area contributed by atoms with Crippen molar-refractivity contribution in [2.75, 3.05) is 39.3 Å². The Morgan fingerprint density at radius 3 is 2.10 bits per heavy atom. The summed E-state index contributed by atoms with van der Waals surface area (Å²) >= 11 is 0. The molecule has 29 heavy (non-hydrogen) atoms. The van der Waals surface area contributed by atoms with Crippen LogP contribution in [0.1, 0.15) is 64.2 Å². The molecule has 6 aliphatic rings. The average molecular weight is 399 g/mol. The van der Waals surface area contributed by atoms with Crippen LogP contribution >= 0.6 is 0 Å². The summed E-state index contributed by atoms with van der Waals surface area (Å²) in [7, 11) is 0. The van der Waals surface area contributed by atoms with Gasteiger partial charge in [-0.3, -0.25) is 0 Å². The minimum Gasteiger partial charge on any atom is -0.317 e. The van der Waals surface area contributed by atoms with Crippen molar-refractivity contribution in [3.8, 4) is 0 Å². The van der Waals surface area contributed by atoms with Gasteiger partial charge in [-0.15, -0.1) is 0 Å². The van der Waals surface area contributed by atoms with Crippen LogP contribution in [0.15, 0.2) is 12.2 Å². The minimum absolute atomic E-state index is 0.468. The lowest BCUT2D eigenvalue weighted by molar-refractivity contribution is -0.132. The van der Waals surface area contributed by atoms with E-state index in [1.54, 1.807) is 0 Å². The number of rotatable bonds is 2. The third-order valence-electron chi connectivity index (χ3n) is 10.5. The molecule has 4 aliphatic heterocycles. The lowest BCUT2D eigenvalue weighted by atomic mass is 9.43. The Kier molecular flexibility index (Phi) is 4.87. The highest BCUT2D eigenvalue weighted by molar-refractivity contribution is 5.19. The second-order valence-corrected chi connectivity index (χ2v) is 11.6. The molecule has 4 unspecified atom stereocenters. The van der Waals surface area contributed by atoms with E-state index in [0.29, 0.717) is 16.4 Å². The highest BCUT2D eigenvalue weighted by Crippen LogP contribution is 2.65. The van der Waals surface area contributed by atoms with E-state index >= 15 is 0 Å². The summed E-state index contributed by atoms with van der Waals surface area (Å²) in [6.07, 6.45) is 19.0. The highest BCUT2D eigenvalue weighted by Gasteiger charge is 2.63. The summed E-state index contributed by atoms with van der Waals surface area (Å²) in [6.45, 7) is 7.46. The van der Waals surface area contributed by atoms with Gasteiger partial charge >= 0.3 is 0 Å². The Bertz CT molecular complexity index is 613. The van der Waals surface area contributed by atoms with Crippen LogP contribution in [-0.2, 0) is 0 Å². The van der Waals surface area contributed by atoms with Crippen molar-refractivity contribution < 1.29 is 0 Å². The summed E-state index contributed by atoms with van der Waals surface area (Å²) in [4.78, 5) is 0. The molecule has 4 heteroatoms. The predicted molar refractivity (Wildman–Crippen MR) is 119 cm³/mol. The Labute approximate surface area is 177 Å². The van der Waals surface area contributed by atoms with E-state index in [0.717, 1.165) is 23.8 Å². The van der Waals surface area contributed by atoms with E-state index in [2.05, 4.69) is 33.4 Å². The second-order valence-electron chi connectivity index (χ2n) is 11.6. The van der Waals surface area contributed by atoms with Gasteiger partial charge < -0.3 is 21.3 Å². The molecule has 4 nitrogen and oxygen atoms in total. The summed E-state index contributed by atoms with van der Waals surface area (Å²) in [6, 6.07) is 0.768. The molecule has 4 atom stereocenters. The van der Waals surface area contributed by atoms with Crippen LogP contribution in [0, 0.1) is 28.6 Å². The van der Waals surface area contributed by atoms with Gasteiger partial charge in [0.25, 0.3) is 0 Å². The molecule has 0 radical (unpaired) electrons. The van der Waals surface area contributed by atoms with Crippen LogP contribution in [-0.4, -0.2) is 50.8 Å². The summed E-state index contributed by atoms with van der Waals surface area (Å²) in [5.74, 6) is 2.78. The molecule has 0 aromatic rings. The first-order valence-electron chi connectivity index (χ1n) is 12.8. The van der Waals surface area contributed by atoms with Crippen molar-refractivity contribution in [3.05, 3.63) is 12.2 Å². The van der Waals surface area contributed by atoms with Crippen LogP contribution < -0.4 is 21.3 Å². The monoisotopic (exact) mass is 398 g/mol. The number of allylic oxidation sites excluding steroid dienone is 2. The van der Waals surface area contributed by atoms with Gasteiger partial charge in [-0.2, -0.15) is 0 Å². The predicted octanol–water partition coefficient (Wildman–Crippen LogP) is 2.81. The fourth-order valence-corrected chi connectivity index (χ4v) is 8.78. The standard InChI is InChI=1S/C25H42N4/c1-2-5-23(4-1)9-16-28-22(23)21-20(17-24(21)7-12-26-13-8-24)19-3-6-25(29-18-19)10-14-27-15-11-25/h1-2,19-22,26-29H,3-18H2. The molecular weight excluding hydrogens is 356 g/mol. The molecule has 4 saturated heterocycles. The quantitative estimate of drug-likeness (QED) is 0.540. The first-order valence-corrected chi connectivity index (χ1v) is 12.8. The van der Waals surface area contributed by atoms with Crippen LogP contribution in [0.2, 0.25) is 0 Å². The maximum Gasteiger partial charge on any atom is 0.0205 e. The smallest absolute Gasteiger partial charge is 0.0205 e. The average Bonchev–Trinajstić information content (AvgIpc) is 3.39. The molecular formula is C25H42N4. The number of hydrogen-bond acceptors (Lipinski definition) is 4. The zero-order chi connectivity index (χ0) is 19.4. The van der Waals surface area contributed by atoms with Gasteiger partial charge in [0.05, 0.1) is 0 Å². The van der Waals surface area contributed by atoms with Crippen molar-refractivity contribution in [2.24, 2.45) is 28.6 Å². The zero-order valence-electron chi connectivity index (χ0n) is 18.3. The Balaban J connectivity index is 1.21. The topological polar surface area (TPSA) is 48.1 Å². The van der Waals surface area contributed by atoms with Gasteiger partial charge in [-0.1, -0.05) is 12.2 Å². The molecule has 2 aliphatic carbocycles. The van der Waals surface area contributed by atoms with E-state index in [1.165, 1.54) is 103 Å². The SMILES string of the molecule is C1=CCC2(C1)CCNC2C1C(C2CCC3(CCNCC3)NC2)CC12CCNCC2. The summed E-state index contributed by atoms with van der Waals surface area (Å²) in [5, 5.41) is 15.4. The number of piperidine rings is 3. The first kappa shape index (κ1) is 19.3. The van der Waals surface area contributed by atoms with E-state index < -0.39 is 0 Å². The fraction of sp³-hybridized carbons (Fsp3) is 0.920. The maximum atomic E-state index is 4.11. The molecule has 1 saturated carbocycles. The third kappa shape index (κ3) is 3.08. The first-order chi connectivity index (χ1) is 14.2. The van der Waals surface area contributed by atoms with Gasteiger partial charge in [-0.05, 0) is 132 Å². The molecule has 5 fully saturated rings. The number of nitrogens with one attached hydrogen (secondary N) is 4. The van der Waals surface area contributed by atoms with Crippen molar-refractivity contribution in [1.29, 1.82) is 0 Å². The van der Waals surface area contributed by atoms with Crippen LogP contribution in [0.5, 0.6) is 0 Å². The van der Waals surface area contributed by atoms with Gasteiger partial charge in [-0.25, -0.2) is 0 Å². The minimum atomic E-state index is 0.468. The Morgan fingerprint density at radius 2 is 1.41 bits per heavy atom.